The average molecular weight is 499 g/mol. The highest BCUT2D eigenvalue weighted by Gasteiger charge is 2.24. The molecule has 1 N–H and O–H groups in total. The number of hydrogen-bond donors (Lipinski definition) is 1. The second-order valence-electron chi connectivity index (χ2n) is 8.41. The standard InChI is InChI=1S/C29H30N4O4/c1-4-32(20-27(34)30-23-13-9-15-25(17-23)37-3)29(35)26-19-33(18-21-10-6-5-7-11-21)31-28(26)22-12-8-14-24(16-22)36-2/h5-17,19H,4,18,20H2,1-3H3,(H,30,34). The highest BCUT2D eigenvalue weighted by molar-refractivity contribution is 6.02. The summed E-state index contributed by atoms with van der Waals surface area (Å²) >= 11 is 0. The Bertz CT molecular complexity index is 1370. The summed E-state index contributed by atoms with van der Waals surface area (Å²) in [6, 6.07) is 24.4. The van der Waals surface area contributed by atoms with Crippen LogP contribution >= 0.6 is 0 Å². The van der Waals surface area contributed by atoms with Crippen LogP contribution in [0, 0.1) is 0 Å². The van der Waals surface area contributed by atoms with Gasteiger partial charge in [-0.25, -0.2) is 0 Å². The third kappa shape index (κ3) is 6.35. The molecule has 1 heterocycles. The number of aromatic nitrogens is 2. The van der Waals surface area contributed by atoms with E-state index in [-0.39, 0.29) is 18.4 Å². The molecule has 0 aliphatic carbocycles. The van der Waals surface area contributed by atoms with Gasteiger partial charge in [-0.05, 0) is 36.8 Å². The van der Waals surface area contributed by atoms with Crippen molar-refractivity contribution in [2.24, 2.45) is 0 Å². The number of amides is 2. The van der Waals surface area contributed by atoms with Crippen molar-refractivity contribution in [2.75, 3.05) is 32.6 Å². The largest absolute Gasteiger partial charge is 0.497 e. The molecule has 2 amide bonds. The molecule has 0 spiro atoms. The molecule has 37 heavy (non-hydrogen) atoms. The lowest BCUT2D eigenvalue weighted by Crippen LogP contribution is -2.38. The van der Waals surface area contributed by atoms with E-state index < -0.39 is 0 Å². The van der Waals surface area contributed by atoms with Crippen molar-refractivity contribution in [3.05, 3.63) is 96.2 Å². The van der Waals surface area contributed by atoms with E-state index in [9.17, 15) is 9.59 Å². The predicted molar refractivity (Wildman–Crippen MR) is 143 cm³/mol. The number of hydrogen-bond acceptors (Lipinski definition) is 5. The van der Waals surface area contributed by atoms with Gasteiger partial charge in [-0.3, -0.25) is 14.3 Å². The van der Waals surface area contributed by atoms with Crippen molar-refractivity contribution in [3.63, 3.8) is 0 Å². The molecule has 0 aliphatic heterocycles. The first kappa shape index (κ1) is 25.5. The topological polar surface area (TPSA) is 85.7 Å². The van der Waals surface area contributed by atoms with Gasteiger partial charge in [0.05, 0.1) is 26.3 Å². The highest BCUT2D eigenvalue weighted by atomic mass is 16.5. The molecule has 190 valence electrons. The van der Waals surface area contributed by atoms with Crippen LogP contribution in [0.1, 0.15) is 22.8 Å². The molecular weight excluding hydrogens is 468 g/mol. The Morgan fingerprint density at radius 2 is 1.62 bits per heavy atom. The fraction of sp³-hybridized carbons (Fsp3) is 0.207. The van der Waals surface area contributed by atoms with E-state index in [1.54, 1.807) is 49.4 Å². The molecule has 0 unspecified atom stereocenters. The molecule has 0 saturated carbocycles. The molecule has 0 radical (unpaired) electrons. The number of carbonyl (C=O) groups is 2. The van der Waals surface area contributed by atoms with E-state index in [0.29, 0.717) is 41.5 Å². The maximum atomic E-state index is 13.7. The normalized spacial score (nSPS) is 10.6. The number of methoxy groups -OCH3 is 2. The molecule has 0 fully saturated rings. The van der Waals surface area contributed by atoms with Gasteiger partial charge in [0.1, 0.15) is 23.7 Å². The van der Waals surface area contributed by atoms with E-state index in [0.717, 1.165) is 11.1 Å². The van der Waals surface area contributed by atoms with E-state index in [1.165, 1.54) is 4.90 Å². The summed E-state index contributed by atoms with van der Waals surface area (Å²) in [6.07, 6.45) is 1.74. The van der Waals surface area contributed by atoms with Crippen LogP contribution in [-0.2, 0) is 11.3 Å². The number of rotatable bonds is 10. The van der Waals surface area contributed by atoms with Crippen LogP contribution in [-0.4, -0.2) is 53.8 Å². The quantitative estimate of drug-likeness (QED) is 0.342. The Labute approximate surface area is 216 Å². The number of anilines is 1. The molecule has 8 nitrogen and oxygen atoms in total. The van der Waals surface area contributed by atoms with Crippen LogP contribution in [0.2, 0.25) is 0 Å². The number of ether oxygens (including phenoxy) is 2. The zero-order valence-electron chi connectivity index (χ0n) is 21.2. The first-order valence-corrected chi connectivity index (χ1v) is 12.0. The lowest BCUT2D eigenvalue weighted by atomic mass is 10.1. The number of likely N-dealkylation sites (N-methyl/N-ethyl adjacent to an activating group) is 1. The van der Waals surface area contributed by atoms with E-state index in [4.69, 9.17) is 14.6 Å². The smallest absolute Gasteiger partial charge is 0.258 e. The fourth-order valence-corrected chi connectivity index (χ4v) is 3.99. The molecule has 3 aromatic carbocycles. The second kappa shape index (κ2) is 11.9. The van der Waals surface area contributed by atoms with Gasteiger partial charge < -0.3 is 19.7 Å². The Hall–Kier alpha value is -4.59. The van der Waals surface area contributed by atoms with Gasteiger partial charge in [-0.15, -0.1) is 0 Å². The molecule has 4 rings (SSSR count). The Kier molecular flexibility index (Phi) is 8.20. The van der Waals surface area contributed by atoms with Gasteiger partial charge >= 0.3 is 0 Å². The second-order valence-corrected chi connectivity index (χ2v) is 8.41. The van der Waals surface area contributed by atoms with Crippen molar-refractivity contribution in [1.29, 1.82) is 0 Å². The van der Waals surface area contributed by atoms with Gasteiger partial charge in [0.25, 0.3) is 5.91 Å². The molecule has 0 aliphatic rings. The van der Waals surface area contributed by atoms with E-state index in [2.05, 4.69) is 5.32 Å². The minimum Gasteiger partial charge on any atom is -0.497 e. The Balaban J connectivity index is 1.61. The molecule has 0 atom stereocenters. The summed E-state index contributed by atoms with van der Waals surface area (Å²) in [5.41, 5.74) is 3.37. The van der Waals surface area contributed by atoms with Crippen LogP contribution < -0.4 is 14.8 Å². The lowest BCUT2D eigenvalue weighted by molar-refractivity contribution is -0.116. The summed E-state index contributed by atoms with van der Waals surface area (Å²) < 4.78 is 12.4. The van der Waals surface area contributed by atoms with Crippen molar-refractivity contribution >= 4 is 17.5 Å². The summed E-state index contributed by atoms with van der Waals surface area (Å²) in [5.74, 6) is 0.719. The van der Waals surface area contributed by atoms with Crippen LogP contribution in [0.5, 0.6) is 11.5 Å². The van der Waals surface area contributed by atoms with Gasteiger partial charge in [-0.2, -0.15) is 5.10 Å². The van der Waals surface area contributed by atoms with Gasteiger partial charge in [0.2, 0.25) is 5.91 Å². The zero-order chi connectivity index (χ0) is 26.2. The molecule has 4 aromatic rings. The zero-order valence-corrected chi connectivity index (χ0v) is 21.2. The SMILES string of the molecule is CCN(CC(=O)Nc1cccc(OC)c1)C(=O)c1cn(Cc2ccccc2)nc1-c1cccc(OC)c1. The van der Waals surface area contributed by atoms with Crippen LogP contribution in [0.3, 0.4) is 0 Å². The maximum Gasteiger partial charge on any atom is 0.258 e. The molecule has 0 bridgehead atoms. The fourth-order valence-electron chi connectivity index (χ4n) is 3.99. The summed E-state index contributed by atoms with van der Waals surface area (Å²) in [7, 11) is 3.16. The molecule has 1 aromatic heterocycles. The molecule has 8 heteroatoms. The Morgan fingerprint density at radius 1 is 0.919 bits per heavy atom. The lowest BCUT2D eigenvalue weighted by Gasteiger charge is -2.20. The van der Waals surface area contributed by atoms with Gasteiger partial charge in [0, 0.05) is 30.1 Å². The maximum absolute atomic E-state index is 13.7. The van der Waals surface area contributed by atoms with E-state index in [1.807, 2.05) is 61.5 Å². The first-order chi connectivity index (χ1) is 18.0. The summed E-state index contributed by atoms with van der Waals surface area (Å²) in [5, 5.41) is 7.59. The summed E-state index contributed by atoms with van der Waals surface area (Å²) in [6.45, 7) is 2.60. The van der Waals surface area contributed by atoms with Gasteiger partial charge in [0.15, 0.2) is 0 Å². The molecular formula is C29H30N4O4. The minimum absolute atomic E-state index is 0.103. The number of benzene rings is 3. The number of nitrogens with zero attached hydrogens (tertiary/aromatic N) is 3. The molecule has 0 saturated heterocycles. The van der Waals surface area contributed by atoms with Crippen molar-refractivity contribution in [3.8, 4) is 22.8 Å². The average Bonchev–Trinajstić information content (AvgIpc) is 3.35. The van der Waals surface area contributed by atoms with Crippen molar-refractivity contribution in [1.82, 2.24) is 14.7 Å². The summed E-state index contributed by atoms with van der Waals surface area (Å²) in [4.78, 5) is 28.0. The third-order valence-corrected chi connectivity index (χ3v) is 5.88. The number of nitrogens with one attached hydrogen (secondary N) is 1. The van der Waals surface area contributed by atoms with E-state index >= 15 is 0 Å². The first-order valence-electron chi connectivity index (χ1n) is 12.0. The van der Waals surface area contributed by atoms with Gasteiger partial charge in [-0.1, -0.05) is 48.5 Å². The highest BCUT2D eigenvalue weighted by Crippen LogP contribution is 2.27. The number of carbonyl (C=O) groups excluding carboxylic acids is 2. The van der Waals surface area contributed by atoms with Crippen LogP contribution in [0.4, 0.5) is 5.69 Å². The monoisotopic (exact) mass is 498 g/mol. The Morgan fingerprint density at radius 3 is 2.32 bits per heavy atom. The minimum atomic E-state index is -0.303. The van der Waals surface area contributed by atoms with Crippen LogP contribution in [0.25, 0.3) is 11.3 Å². The predicted octanol–water partition coefficient (Wildman–Crippen LogP) is 4.72. The van der Waals surface area contributed by atoms with Crippen molar-refractivity contribution < 1.29 is 19.1 Å². The van der Waals surface area contributed by atoms with Crippen molar-refractivity contribution in [2.45, 2.75) is 13.5 Å². The third-order valence-electron chi connectivity index (χ3n) is 5.88. The van der Waals surface area contributed by atoms with Crippen LogP contribution in [0.15, 0.2) is 85.1 Å².